The van der Waals surface area contributed by atoms with Crippen molar-refractivity contribution < 1.29 is 23.0 Å². The summed E-state index contributed by atoms with van der Waals surface area (Å²) < 4.78 is 35.0. The third-order valence-corrected chi connectivity index (χ3v) is 5.93. The van der Waals surface area contributed by atoms with Crippen molar-refractivity contribution >= 4 is 5.91 Å². The van der Waals surface area contributed by atoms with Crippen LogP contribution in [0.25, 0.3) is 0 Å². The van der Waals surface area contributed by atoms with Gasteiger partial charge in [0.1, 0.15) is 0 Å². The van der Waals surface area contributed by atoms with E-state index in [4.69, 9.17) is 0 Å². The number of nitrogens with one attached hydrogen (secondary N) is 1. The zero-order chi connectivity index (χ0) is 16.5. The highest BCUT2D eigenvalue weighted by molar-refractivity contribution is 5.95. The fraction of sp³-hybridized carbons (Fsp3) is 0.588. The zero-order valence-corrected chi connectivity index (χ0v) is 13.1. The van der Waals surface area contributed by atoms with Crippen molar-refractivity contribution in [3.63, 3.8) is 0 Å². The smallest absolute Gasteiger partial charge is 0.395 e. The number of hydrogen-bond acceptors (Lipinski definition) is 4. The highest BCUT2D eigenvalue weighted by Crippen LogP contribution is 2.53. The molecule has 5 aliphatic rings. The molecule has 3 saturated heterocycles. The number of amides is 1. The van der Waals surface area contributed by atoms with Crippen molar-refractivity contribution in [1.82, 2.24) is 10.2 Å². The van der Waals surface area contributed by atoms with Crippen LogP contribution in [-0.4, -0.2) is 41.8 Å². The van der Waals surface area contributed by atoms with Gasteiger partial charge in [0.25, 0.3) is 5.91 Å². The zero-order valence-electron chi connectivity index (χ0n) is 13.1. The molecule has 4 fully saturated rings. The second-order valence-corrected chi connectivity index (χ2v) is 7.21. The third-order valence-electron chi connectivity index (χ3n) is 5.93. The van der Waals surface area contributed by atoms with Crippen LogP contribution in [0.2, 0.25) is 0 Å². The van der Waals surface area contributed by atoms with E-state index in [1.807, 2.05) is 0 Å². The van der Waals surface area contributed by atoms with Gasteiger partial charge in [-0.25, -0.2) is 0 Å². The van der Waals surface area contributed by atoms with Gasteiger partial charge in [-0.3, -0.25) is 9.69 Å². The van der Waals surface area contributed by atoms with Crippen molar-refractivity contribution in [1.29, 1.82) is 0 Å². The second kappa shape index (κ2) is 4.59. The summed E-state index contributed by atoms with van der Waals surface area (Å²) in [5.41, 5.74) is 0.461. The number of carbonyl (C=O) groups is 1. The van der Waals surface area contributed by atoms with Crippen LogP contribution >= 0.6 is 0 Å². The molecule has 128 valence electrons. The van der Waals surface area contributed by atoms with Gasteiger partial charge < -0.3 is 14.8 Å². The number of ether oxygens (including phenoxy) is 2. The standard InChI is InChI=1S/C17H18F2N2O3/c18-17(19)23-12-2-1-11(9-13(12)24-17)15(22)20-14-10-3-7-21(8-4-10)16(14)5-6-16/h1-2,9-10,14H,3-8H2,(H,20,22)/t14-/m0/s1. The van der Waals surface area contributed by atoms with Gasteiger partial charge in [0.15, 0.2) is 11.5 Å². The molecule has 1 atom stereocenters. The lowest BCUT2D eigenvalue weighted by Crippen LogP contribution is -2.65. The Morgan fingerprint density at radius 2 is 1.88 bits per heavy atom. The van der Waals surface area contributed by atoms with E-state index < -0.39 is 6.29 Å². The third kappa shape index (κ3) is 2.03. The van der Waals surface area contributed by atoms with E-state index in [1.54, 1.807) is 0 Å². The summed E-state index contributed by atoms with van der Waals surface area (Å²) in [5.74, 6) is 0.141. The molecule has 0 radical (unpaired) electrons. The minimum atomic E-state index is -3.66. The normalized spacial score (nSPS) is 33.5. The molecule has 0 unspecified atom stereocenters. The lowest BCUT2D eigenvalue weighted by atomic mass is 9.77. The Morgan fingerprint density at radius 1 is 1.17 bits per heavy atom. The van der Waals surface area contributed by atoms with E-state index in [0.29, 0.717) is 11.5 Å². The summed E-state index contributed by atoms with van der Waals surface area (Å²) in [5, 5.41) is 3.17. The first-order valence-electron chi connectivity index (χ1n) is 8.43. The molecule has 5 nitrogen and oxygen atoms in total. The van der Waals surface area contributed by atoms with Gasteiger partial charge in [0.05, 0.1) is 6.04 Å². The molecule has 1 aliphatic carbocycles. The number of nitrogens with zero attached hydrogens (tertiary/aromatic N) is 1. The number of benzene rings is 1. The predicted octanol–water partition coefficient (Wildman–Crippen LogP) is 2.36. The van der Waals surface area contributed by atoms with Crippen molar-refractivity contribution in [2.75, 3.05) is 13.1 Å². The molecular formula is C17H18F2N2O3. The minimum absolute atomic E-state index is 0.0435. The van der Waals surface area contributed by atoms with Crippen LogP contribution in [0.3, 0.4) is 0 Å². The fourth-order valence-corrected chi connectivity index (χ4v) is 4.64. The summed E-state index contributed by atoms with van der Waals surface area (Å²) in [7, 11) is 0. The van der Waals surface area contributed by atoms with Gasteiger partial charge in [-0.15, -0.1) is 8.78 Å². The van der Waals surface area contributed by atoms with E-state index in [0.717, 1.165) is 38.8 Å². The van der Waals surface area contributed by atoms with Gasteiger partial charge in [0.2, 0.25) is 0 Å². The molecule has 24 heavy (non-hydrogen) atoms. The maximum Gasteiger partial charge on any atom is 0.586 e. The quantitative estimate of drug-likeness (QED) is 0.901. The van der Waals surface area contributed by atoms with Crippen molar-refractivity contribution in [2.24, 2.45) is 5.92 Å². The number of halogens is 2. The molecule has 0 aromatic heterocycles. The SMILES string of the molecule is O=C(N[C@H]1C2CCN(CC2)C12CC2)c1ccc2c(c1)OC(F)(F)O2. The van der Waals surface area contributed by atoms with E-state index in [1.165, 1.54) is 18.2 Å². The maximum atomic E-state index is 13.1. The topological polar surface area (TPSA) is 50.8 Å². The summed E-state index contributed by atoms with van der Waals surface area (Å²) in [4.78, 5) is 15.2. The molecule has 1 aromatic carbocycles. The van der Waals surface area contributed by atoms with E-state index in [9.17, 15) is 13.6 Å². The van der Waals surface area contributed by atoms with Crippen LogP contribution in [0.1, 0.15) is 36.0 Å². The molecule has 1 saturated carbocycles. The average Bonchev–Trinajstić information content (AvgIpc) is 3.26. The molecular weight excluding hydrogens is 318 g/mol. The lowest BCUT2D eigenvalue weighted by Gasteiger charge is -2.52. The second-order valence-electron chi connectivity index (χ2n) is 7.21. The Labute approximate surface area is 137 Å². The van der Waals surface area contributed by atoms with Gasteiger partial charge >= 0.3 is 6.29 Å². The summed E-state index contributed by atoms with van der Waals surface area (Å²) in [6.07, 6.45) is 0.815. The van der Waals surface area contributed by atoms with Crippen molar-refractivity contribution in [3.05, 3.63) is 23.8 Å². The lowest BCUT2D eigenvalue weighted by molar-refractivity contribution is -0.286. The first-order chi connectivity index (χ1) is 11.5. The van der Waals surface area contributed by atoms with E-state index in [2.05, 4.69) is 19.7 Å². The predicted molar refractivity (Wildman–Crippen MR) is 80.2 cm³/mol. The van der Waals surface area contributed by atoms with Crippen LogP contribution in [0.5, 0.6) is 11.5 Å². The van der Waals surface area contributed by atoms with Crippen LogP contribution in [0.4, 0.5) is 8.78 Å². The van der Waals surface area contributed by atoms with E-state index >= 15 is 0 Å². The molecule has 4 heterocycles. The van der Waals surface area contributed by atoms with Gasteiger partial charge in [0, 0.05) is 11.1 Å². The number of hydrogen-bond donors (Lipinski definition) is 1. The molecule has 1 amide bonds. The monoisotopic (exact) mass is 336 g/mol. The molecule has 4 aliphatic heterocycles. The highest BCUT2D eigenvalue weighted by atomic mass is 19.3. The Morgan fingerprint density at radius 3 is 2.58 bits per heavy atom. The Balaban J connectivity index is 1.37. The van der Waals surface area contributed by atoms with Crippen LogP contribution in [-0.2, 0) is 0 Å². The Kier molecular flexibility index (Phi) is 2.77. The molecule has 1 aromatic rings. The molecule has 6 rings (SSSR count). The maximum absolute atomic E-state index is 13.1. The average molecular weight is 336 g/mol. The molecule has 2 bridgehead atoms. The number of rotatable bonds is 2. The van der Waals surface area contributed by atoms with Gasteiger partial charge in [-0.2, -0.15) is 0 Å². The fourth-order valence-electron chi connectivity index (χ4n) is 4.64. The Bertz CT molecular complexity index is 712. The number of carbonyl (C=O) groups excluding carboxylic acids is 1. The van der Waals surface area contributed by atoms with Crippen LogP contribution in [0, 0.1) is 5.92 Å². The molecule has 1 N–H and O–H groups in total. The van der Waals surface area contributed by atoms with Crippen molar-refractivity contribution in [2.45, 2.75) is 43.6 Å². The summed E-state index contributed by atoms with van der Waals surface area (Å²) in [6, 6.07) is 4.33. The first kappa shape index (κ1) is 14.5. The van der Waals surface area contributed by atoms with Gasteiger partial charge in [-0.05, 0) is 62.9 Å². The summed E-state index contributed by atoms with van der Waals surface area (Å²) >= 11 is 0. The number of piperidine rings is 3. The van der Waals surface area contributed by atoms with Crippen molar-refractivity contribution in [3.8, 4) is 11.5 Å². The first-order valence-corrected chi connectivity index (χ1v) is 8.43. The molecule has 1 spiro atoms. The largest absolute Gasteiger partial charge is 0.586 e. The van der Waals surface area contributed by atoms with E-state index in [-0.39, 0.29) is 29.0 Å². The minimum Gasteiger partial charge on any atom is -0.395 e. The highest BCUT2D eigenvalue weighted by Gasteiger charge is 2.60. The number of alkyl halides is 2. The van der Waals surface area contributed by atoms with Crippen LogP contribution in [0.15, 0.2) is 18.2 Å². The summed E-state index contributed by atoms with van der Waals surface area (Å²) in [6.45, 7) is 2.24. The Hall–Kier alpha value is -1.89. The molecule has 7 heteroatoms. The van der Waals surface area contributed by atoms with Crippen LogP contribution < -0.4 is 14.8 Å². The van der Waals surface area contributed by atoms with Gasteiger partial charge in [-0.1, -0.05) is 0 Å². The number of fused-ring (bicyclic) bond motifs is 3.